The largest absolute Gasteiger partial charge is 0.392 e. The second-order valence-corrected chi connectivity index (χ2v) is 2.60. The van der Waals surface area contributed by atoms with E-state index in [0.29, 0.717) is 13.0 Å². The molecule has 0 spiro atoms. The van der Waals surface area contributed by atoms with E-state index in [2.05, 4.69) is 5.92 Å². The van der Waals surface area contributed by atoms with Crippen molar-refractivity contribution in [2.75, 3.05) is 13.2 Å². The van der Waals surface area contributed by atoms with Crippen molar-refractivity contribution in [2.24, 2.45) is 5.92 Å². The van der Waals surface area contributed by atoms with E-state index >= 15 is 0 Å². The zero-order valence-electron chi connectivity index (χ0n) is 5.92. The lowest BCUT2D eigenvalue weighted by atomic mass is 10.00. The van der Waals surface area contributed by atoms with Crippen molar-refractivity contribution in [3.05, 3.63) is 0 Å². The SMILES string of the molecule is C#CCC(O)C1CCOC1. The van der Waals surface area contributed by atoms with E-state index in [9.17, 15) is 5.11 Å². The molecule has 2 heteroatoms. The van der Waals surface area contributed by atoms with E-state index in [1.807, 2.05) is 0 Å². The molecule has 0 saturated carbocycles. The monoisotopic (exact) mass is 140 g/mol. The Bertz CT molecular complexity index is 131. The Morgan fingerprint density at radius 3 is 3.10 bits per heavy atom. The molecule has 0 radical (unpaired) electrons. The fraction of sp³-hybridized carbons (Fsp3) is 0.750. The first-order valence-electron chi connectivity index (χ1n) is 3.54. The Hall–Kier alpha value is -0.520. The summed E-state index contributed by atoms with van der Waals surface area (Å²) in [5, 5.41) is 9.33. The molecule has 0 bridgehead atoms. The molecule has 10 heavy (non-hydrogen) atoms. The third-order valence-electron chi connectivity index (χ3n) is 1.84. The summed E-state index contributed by atoms with van der Waals surface area (Å²) in [6.45, 7) is 1.44. The molecule has 1 N–H and O–H groups in total. The fourth-order valence-electron chi connectivity index (χ4n) is 1.14. The molecule has 1 heterocycles. The average Bonchev–Trinajstić information content (AvgIpc) is 2.38. The van der Waals surface area contributed by atoms with Gasteiger partial charge in [-0.15, -0.1) is 12.3 Å². The number of aliphatic hydroxyl groups excluding tert-OH is 1. The minimum Gasteiger partial charge on any atom is -0.392 e. The smallest absolute Gasteiger partial charge is 0.0700 e. The van der Waals surface area contributed by atoms with Crippen molar-refractivity contribution in [3.8, 4) is 12.3 Å². The number of ether oxygens (including phenoxy) is 1. The summed E-state index contributed by atoms with van der Waals surface area (Å²) in [7, 11) is 0. The van der Waals surface area contributed by atoms with Crippen molar-refractivity contribution < 1.29 is 9.84 Å². The molecule has 1 rings (SSSR count). The highest BCUT2D eigenvalue weighted by molar-refractivity contribution is 4.89. The number of terminal acetylenes is 1. The summed E-state index contributed by atoms with van der Waals surface area (Å²) in [5.41, 5.74) is 0. The second-order valence-electron chi connectivity index (χ2n) is 2.60. The van der Waals surface area contributed by atoms with Crippen molar-refractivity contribution in [1.82, 2.24) is 0 Å². The van der Waals surface area contributed by atoms with Crippen LogP contribution in [0.3, 0.4) is 0 Å². The Balaban J connectivity index is 2.26. The predicted molar refractivity (Wildman–Crippen MR) is 38.4 cm³/mol. The van der Waals surface area contributed by atoms with Crippen LogP contribution in [0.2, 0.25) is 0 Å². The zero-order chi connectivity index (χ0) is 7.40. The Labute approximate surface area is 61.2 Å². The van der Waals surface area contributed by atoms with Gasteiger partial charge in [0.05, 0.1) is 12.7 Å². The van der Waals surface area contributed by atoms with E-state index < -0.39 is 0 Å². The lowest BCUT2D eigenvalue weighted by molar-refractivity contribution is 0.0955. The van der Waals surface area contributed by atoms with Crippen LogP contribution in [0.4, 0.5) is 0 Å². The maximum Gasteiger partial charge on any atom is 0.0700 e. The molecule has 56 valence electrons. The molecule has 1 aliphatic heterocycles. The van der Waals surface area contributed by atoms with Gasteiger partial charge in [0.2, 0.25) is 0 Å². The first-order chi connectivity index (χ1) is 4.84. The number of rotatable bonds is 2. The van der Waals surface area contributed by atoms with Gasteiger partial charge in [-0.3, -0.25) is 0 Å². The quantitative estimate of drug-likeness (QED) is 0.563. The molecular weight excluding hydrogens is 128 g/mol. The third kappa shape index (κ3) is 1.73. The van der Waals surface area contributed by atoms with Crippen LogP contribution in [-0.4, -0.2) is 24.4 Å². The van der Waals surface area contributed by atoms with Gasteiger partial charge in [0, 0.05) is 18.9 Å². The van der Waals surface area contributed by atoms with Gasteiger partial charge in [0.15, 0.2) is 0 Å². The van der Waals surface area contributed by atoms with Crippen LogP contribution in [0.15, 0.2) is 0 Å². The van der Waals surface area contributed by atoms with E-state index in [4.69, 9.17) is 11.2 Å². The van der Waals surface area contributed by atoms with Crippen LogP contribution in [0.5, 0.6) is 0 Å². The molecule has 2 nitrogen and oxygen atoms in total. The van der Waals surface area contributed by atoms with Crippen LogP contribution < -0.4 is 0 Å². The van der Waals surface area contributed by atoms with E-state index in [0.717, 1.165) is 13.0 Å². The predicted octanol–water partition coefficient (Wildman–Crippen LogP) is 0.407. The van der Waals surface area contributed by atoms with Crippen LogP contribution >= 0.6 is 0 Å². The fourth-order valence-corrected chi connectivity index (χ4v) is 1.14. The highest BCUT2D eigenvalue weighted by Crippen LogP contribution is 2.17. The van der Waals surface area contributed by atoms with E-state index in [-0.39, 0.29) is 12.0 Å². The summed E-state index contributed by atoms with van der Waals surface area (Å²) in [6.07, 6.45) is 6.09. The first kappa shape index (κ1) is 7.59. The minimum absolute atomic E-state index is 0.274. The highest BCUT2D eigenvalue weighted by Gasteiger charge is 2.22. The third-order valence-corrected chi connectivity index (χ3v) is 1.84. The summed E-state index contributed by atoms with van der Waals surface area (Å²) in [5.74, 6) is 2.71. The van der Waals surface area contributed by atoms with Gasteiger partial charge in [-0.2, -0.15) is 0 Å². The molecule has 2 unspecified atom stereocenters. The summed E-state index contributed by atoms with van der Waals surface area (Å²) < 4.78 is 5.10. The van der Waals surface area contributed by atoms with Crippen molar-refractivity contribution >= 4 is 0 Å². The Morgan fingerprint density at radius 2 is 2.60 bits per heavy atom. The lowest BCUT2D eigenvalue weighted by Gasteiger charge is -2.12. The van der Waals surface area contributed by atoms with Gasteiger partial charge in [-0.25, -0.2) is 0 Å². The first-order valence-corrected chi connectivity index (χ1v) is 3.54. The van der Waals surface area contributed by atoms with Crippen LogP contribution in [0, 0.1) is 18.3 Å². The highest BCUT2D eigenvalue weighted by atomic mass is 16.5. The lowest BCUT2D eigenvalue weighted by Crippen LogP contribution is -2.19. The van der Waals surface area contributed by atoms with Gasteiger partial charge >= 0.3 is 0 Å². The number of hydrogen-bond donors (Lipinski definition) is 1. The molecule has 0 aromatic rings. The van der Waals surface area contributed by atoms with E-state index in [1.54, 1.807) is 0 Å². The van der Waals surface area contributed by atoms with Crippen molar-refractivity contribution in [2.45, 2.75) is 18.9 Å². The standard InChI is InChI=1S/C8H12O2/c1-2-3-8(9)7-4-5-10-6-7/h1,7-9H,3-6H2. The zero-order valence-corrected chi connectivity index (χ0v) is 5.92. The molecule has 0 aliphatic carbocycles. The van der Waals surface area contributed by atoms with E-state index in [1.165, 1.54) is 0 Å². The molecule has 1 saturated heterocycles. The summed E-state index contributed by atoms with van der Waals surface area (Å²) in [4.78, 5) is 0. The molecule has 0 aromatic heterocycles. The van der Waals surface area contributed by atoms with Crippen molar-refractivity contribution in [1.29, 1.82) is 0 Å². The van der Waals surface area contributed by atoms with Gasteiger partial charge in [0.25, 0.3) is 0 Å². The van der Waals surface area contributed by atoms with Crippen molar-refractivity contribution in [3.63, 3.8) is 0 Å². The molecular formula is C8H12O2. The van der Waals surface area contributed by atoms with Gasteiger partial charge in [-0.1, -0.05) is 0 Å². The second kappa shape index (κ2) is 3.60. The summed E-state index contributed by atoms with van der Waals surface area (Å²) in [6, 6.07) is 0. The Kier molecular flexibility index (Phi) is 2.73. The van der Waals surface area contributed by atoms with Crippen LogP contribution in [0.25, 0.3) is 0 Å². The van der Waals surface area contributed by atoms with Gasteiger partial charge < -0.3 is 9.84 Å². The topological polar surface area (TPSA) is 29.5 Å². The molecule has 0 amide bonds. The number of hydrogen-bond acceptors (Lipinski definition) is 2. The molecule has 0 aromatic carbocycles. The molecule has 1 fully saturated rings. The number of aliphatic hydroxyl groups is 1. The summed E-state index contributed by atoms with van der Waals surface area (Å²) >= 11 is 0. The van der Waals surface area contributed by atoms with Gasteiger partial charge in [-0.05, 0) is 6.42 Å². The maximum atomic E-state index is 9.33. The minimum atomic E-state index is -0.354. The molecule has 2 atom stereocenters. The molecule has 1 aliphatic rings. The van der Waals surface area contributed by atoms with Crippen LogP contribution in [0.1, 0.15) is 12.8 Å². The normalized spacial score (nSPS) is 27.8. The Morgan fingerprint density at radius 1 is 1.80 bits per heavy atom. The van der Waals surface area contributed by atoms with Crippen LogP contribution in [-0.2, 0) is 4.74 Å². The average molecular weight is 140 g/mol. The van der Waals surface area contributed by atoms with Gasteiger partial charge in [0.1, 0.15) is 0 Å². The maximum absolute atomic E-state index is 9.33.